The number of aromatic nitrogens is 1. The lowest BCUT2D eigenvalue weighted by molar-refractivity contribution is 0.270. The van der Waals surface area contributed by atoms with E-state index >= 15 is 0 Å². The van der Waals surface area contributed by atoms with Crippen molar-refractivity contribution >= 4 is 10.0 Å². The van der Waals surface area contributed by atoms with E-state index in [-0.39, 0.29) is 6.61 Å². The van der Waals surface area contributed by atoms with Crippen LogP contribution in [-0.4, -0.2) is 35.5 Å². The molecule has 2 fully saturated rings. The van der Waals surface area contributed by atoms with Crippen molar-refractivity contribution in [2.45, 2.75) is 50.2 Å². The number of hydrogen-bond acceptors (Lipinski definition) is 3. The van der Waals surface area contributed by atoms with E-state index in [4.69, 9.17) is 0 Å². The average molecular weight is 298 g/mol. The van der Waals surface area contributed by atoms with Crippen molar-refractivity contribution in [3.63, 3.8) is 0 Å². The molecule has 2 aliphatic rings. The maximum absolute atomic E-state index is 12.6. The number of sulfonamides is 1. The Morgan fingerprint density at radius 2 is 1.90 bits per heavy atom. The fourth-order valence-electron chi connectivity index (χ4n) is 2.83. The molecule has 0 atom stereocenters. The summed E-state index contributed by atoms with van der Waals surface area (Å²) in [5.41, 5.74) is 0.705. The molecule has 1 aromatic rings. The van der Waals surface area contributed by atoms with Gasteiger partial charge in [0.25, 0.3) is 0 Å². The molecule has 2 heterocycles. The SMILES string of the molecule is CC1CCN(S(=O)(=O)c2cc(CO)n(C3CC3)c2)CC1. The Balaban J connectivity index is 1.87. The first kappa shape index (κ1) is 14.1. The molecule has 0 unspecified atom stereocenters. The molecule has 1 saturated heterocycles. The Hall–Kier alpha value is -0.850. The van der Waals surface area contributed by atoms with Crippen molar-refractivity contribution in [2.75, 3.05) is 13.1 Å². The molecule has 5 nitrogen and oxygen atoms in total. The van der Waals surface area contributed by atoms with Crippen LogP contribution in [-0.2, 0) is 16.6 Å². The van der Waals surface area contributed by atoms with Gasteiger partial charge in [-0.2, -0.15) is 4.31 Å². The van der Waals surface area contributed by atoms with E-state index in [1.165, 1.54) is 0 Å². The first-order chi connectivity index (χ1) is 9.52. The number of hydrogen-bond donors (Lipinski definition) is 1. The highest BCUT2D eigenvalue weighted by molar-refractivity contribution is 7.89. The largest absolute Gasteiger partial charge is 0.390 e. The minimum atomic E-state index is -3.40. The third-order valence-electron chi connectivity index (χ3n) is 4.39. The standard InChI is InChI=1S/C14H22N2O3S/c1-11-4-6-15(7-5-11)20(18,19)14-8-13(10-17)16(9-14)12-2-3-12/h8-9,11-12,17H,2-7,10H2,1H3. The Morgan fingerprint density at radius 3 is 2.45 bits per heavy atom. The zero-order valence-corrected chi connectivity index (χ0v) is 12.6. The third-order valence-corrected chi connectivity index (χ3v) is 6.25. The molecule has 0 bridgehead atoms. The summed E-state index contributed by atoms with van der Waals surface area (Å²) in [6.45, 7) is 3.26. The second kappa shape index (κ2) is 5.16. The number of nitrogens with zero attached hydrogens (tertiary/aromatic N) is 2. The molecule has 112 valence electrons. The van der Waals surface area contributed by atoms with Crippen molar-refractivity contribution in [1.29, 1.82) is 0 Å². The van der Waals surface area contributed by atoms with E-state index < -0.39 is 10.0 Å². The highest BCUT2D eigenvalue weighted by atomic mass is 32.2. The quantitative estimate of drug-likeness (QED) is 0.921. The Labute approximate surface area is 120 Å². The van der Waals surface area contributed by atoms with Crippen molar-refractivity contribution in [2.24, 2.45) is 5.92 Å². The summed E-state index contributed by atoms with van der Waals surface area (Å²) in [4.78, 5) is 0.336. The van der Waals surface area contributed by atoms with E-state index in [1.807, 2.05) is 4.57 Å². The van der Waals surface area contributed by atoms with Gasteiger partial charge < -0.3 is 9.67 Å². The summed E-state index contributed by atoms with van der Waals surface area (Å²) in [6.07, 6.45) is 5.70. The third kappa shape index (κ3) is 2.52. The normalized spacial score (nSPS) is 22.3. The number of aliphatic hydroxyl groups excluding tert-OH is 1. The lowest BCUT2D eigenvalue weighted by Crippen LogP contribution is -2.37. The summed E-state index contributed by atoms with van der Waals surface area (Å²) < 4.78 is 28.8. The topological polar surface area (TPSA) is 62.5 Å². The van der Waals surface area contributed by atoms with Gasteiger partial charge >= 0.3 is 0 Å². The minimum absolute atomic E-state index is 0.108. The minimum Gasteiger partial charge on any atom is -0.390 e. The summed E-state index contributed by atoms with van der Waals surface area (Å²) >= 11 is 0. The van der Waals surface area contributed by atoms with Gasteiger partial charge in [-0.25, -0.2) is 8.42 Å². The molecule has 0 aromatic carbocycles. The Morgan fingerprint density at radius 1 is 1.25 bits per heavy atom. The van der Waals surface area contributed by atoms with Crippen molar-refractivity contribution in [3.05, 3.63) is 18.0 Å². The fraction of sp³-hybridized carbons (Fsp3) is 0.714. The van der Waals surface area contributed by atoms with Crippen LogP contribution in [0.4, 0.5) is 0 Å². The van der Waals surface area contributed by atoms with Gasteiger partial charge in [0.05, 0.1) is 6.61 Å². The van der Waals surface area contributed by atoms with Gasteiger partial charge in [0.2, 0.25) is 10.0 Å². The van der Waals surface area contributed by atoms with Gasteiger partial charge in [0, 0.05) is 31.0 Å². The van der Waals surface area contributed by atoms with Crippen LogP contribution in [0.3, 0.4) is 0 Å². The first-order valence-corrected chi connectivity index (χ1v) is 8.78. The molecule has 0 spiro atoms. The van der Waals surface area contributed by atoms with Gasteiger partial charge in [-0.15, -0.1) is 0 Å². The molecule has 0 amide bonds. The van der Waals surface area contributed by atoms with Crippen LogP contribution in [0, 0.1) is 5.92 Å². The average Bonchev–Trinajstić information content (AvgIpc) is 3.18. The van der Waals surface area contributed by atoms with Gasteiger partial charge in [-0.1, -0.05) is 6.92 Å². The molecule has 1 aliphatic carbocycles. The van der Waals surface area contributed by atoms with E-state index in [9.17, 15) is 13.5 Å². The molecular weight excluding hydrogens is 276 g/mol. The van der Waals surface area contributed by atoms with Gasteiger partial charge in [-0.05, 0) is 37.7 Å². The van der Waals surface area contributed by atoms with Crippen LogP contribution in [0.5, 0.6) is 0 Å². The first-order valence-electron chi connectivity index (χ1n) is 7.34. The van der Waals surface area contributed by atoms with Crippen LogP contribution < -0.4 is 0 Å². The monoisotopic (exact) mass is 298 g/mol. The maximum Gasteiger partial charge on any atom is 0.244 e. The summed E-state index contributed by atoms with van der Waals surface area (Å²) in [5, 5.41) is 9.39. The number of rotatable bonds is 4. The highest BCUT2D eigenvalue weighted by Crippen LogP contribution is 2.37. The lowest BCUT2D eigenvalue weighted by atomic mass is 10.0. The molecule has 0 radical (unpaired) electrons. The van der Waals surface area contributed by atoms with Crippen LogP contribution in [0.1, 0.15) is 44.3 Å². The smallest absolute Gasteiger partial charge is 0.244 e. The van der Waals surface area contributed by atoms with Gasteiger partial charge in [0.1, 0.15) is 4.90 Å². The van der Waals surface area contributed by atoms with Crippen molar-refractivity contribution in [3.8, 4) is 0 Å². The van der Waals surface area contributed by atoms with Crippen molar-refractivity contribution < 1.29 is 13.5 Å². The highest BCUT2D eigenvalue weighted by Gasteiger charge is 2.32. The fourth-order valence-corrected chi connectivity index (χ4v) is 4.35. The number of aliphatic hydroxyl groups is 1. The molecule has 1 saturated carbocycles. The predicted octanol–water partition coefficient (Wildman–Crippen LogP) is 1.74. The predicted molar refractivity (Wildman–Crippen MR) is 75.8 cm³/mol. The molecular formula is C14H22N2O3S. The van der Waals surface area contributed by atoms with Gasteiger partial charge in [0.15, 0.2) is 0 Å². The van der Waals surface area contributed by atoms with Gasteiger partial charge in [-0.3, -0.25) is 0 Å². The summed E-state index contributed by atoms with van der Waals surface area (Å²) in [5.74, 6) is 0.602. The van der Waals surface area contributed by atoms with Crippen molar-refractivity contribution in [1.82, 2.24) is 8.87 Å². The Bertz CT molecular complexity index is 582. The molecule has 3 rings (SSSR count). The molecule has 6 heteroatoms. The van der Waals surface area contributed by atoms with Crippen LogP contribution in [0.25, 0.3) is 0 Å². The maximum atomic E-state index is 12.6. The summed E-state index contributed by atoms with van der Waals surface area (Å²) in [6, 6.07) is 2.01. The van der Waals surface area contributed by atoms with E-state index in [1.54, 1.807) is 16.6 Å². The van der Waals surface area contributed by atoms with Crippen LogP contribution in [0.2, 0.25) is 0 Å². The van der Waals surface area contributed by atoms with E-state index in [2.05, 4.69) is 6.92 Å². The Kier molecular flexibility index (Phi) is 3.64. The number of piperidine rings is 1. The van der Waals surface area contributed by atoms with Crippen LogP contribution in [0.15, 0.2) is 17.2 Å². The molecule has 20 heavy (non-hydrogen) atoms. The van der Waals surface area contributed by atoms with E-state index in [0.717, 1.165) is 25.7 Å². The molecule has 1 N–H and O–H groups in total. The molecule has 1 aliphatic heterocycles. The zero-order chi connectivity index (χ0) is 14.3. The zero-order valence-electron chi connectivity index (χ0n) is 11.8. The van der Waals surface area contributed by atoms with E-state index in [0.29, 0.717) is 35.6 Å². The second-order valence-electron chi connectivity index (χ2n) is 6.05. The molecule has 1 aromatic heterocycles. The van der Waals surface area contributed by atoms with Crippen LogP contribution >= 0.6 is 0 Å². The lowest BCUT2D eigenvalue weighted by Gasteiger charge is -2.29. The summed E-state index contributed by atoms with van der Waals surface area (Å²) in [7, 11) is -3.40. The second-order valence-corrected chi connectivity index (χ2v) is 7.99.